The first kappa shape index (κ1) is 21.6. The van der Waals surface area contributed by atoms with Gasteiger partial charge in [0.1, 0.15) is 5.03 Å². The van der Waals surface area contributed by atoms with E-state index in [1.807, 2.05) is 37.3 Å². The van der Waals surface area contributed by atoms with Crippen LogP contribution in [0.3, 0.4) is 0 Å². The normalized spacial score (nSPS) is 13.0. The maximum atomic E-state index is 12.8. The van der Waals surface area contributed by atoms with Gasteiger partial charge in [-0.25, -0.2) is 4.79 Å². The fourth-order valence-corrected chi connectivity index (χ4v) is 4.74. The zero-order valence-electron chi connectivity index (χ0n) is 17.2. The number of benzene rings is 1. The molecule has 0 bridgehead atoms. The number of rotatable bonds is 6. The monoisotopic (exact) mass is 454 g/mol. The highest BCUT2D eigenvalue weighted by Crippen LogP contribution is 2.29. The molecule has 0 fully saturated rings. The van der Waals surface area contributed by atoms with E-state index in [1.54, 1.807) is 16.8 Å². The molecule has 1 aliphatic carbocycles. The highest BCUT2D eigenvalue weighted by Gasteiger charge is 2.21. The van der Waals surface area contributed by atoms with Crippen LogP contribution in [0.2, 0.25) is 5.02 Å². The van der Waals surface area contributed by atoms with Gasteiger partial charge in [-0.2, -0.15) is 4.98 Å². The Labute approximate surface area is 190 Å². The van der Waals surface area contributed by atoms with Crippen molar-refractivity contribution in [1.82, 2.24) is 14.5 Å². The lowest BCUT2D eigenvalue weighted by Crippen LogP contribution is -2.31. The summed E-state index contributed by atoms with van der Waals surface area (Å²) < 4.78 is 1.73. The second-order valence-electron chi connectivity index (χ2n) is 7.54. The Morgan fingerprint density at radius 3 is 2.84 bits per heavy atom. The van der Waals surface area contributed by atoms with Gasteiger partial charge in [-0.15, -0.1) is 0 Å². The van der Waals surface area contributed by atoms with E-state index >= 15 is 0 Å². The molecule has 160 valence electrons. The van der Waals surface area contributed by atoms with Crippen molar-refractivity contribution in [2.75, 3.05) is 11.1 Å². The molecule has 31 heavy (non-hydrogen) atoms. The van der Waals surface area contributed by atoms with Gasteiger partial charge in [0.05, 0.1) is 18.0 Å². The highest BCUT2D eigenvalue weighted by atomic mass is 35.5. The third kappa shape index (κ3) is 5.17. The number of pyridine rings is 1. The lowest BCUT2D eigenvalue weighted by molar-refractivity contribution is -0.113. The summed E-state index contributed by atoms with van der Waals surface area (Å²) in [4.78, 5) is 33.9. The van der Waals surface area contributed by atoms with E-state index in [0.717, 1.165) is 48.2 Å². The molecule has 6 nitrogen and oxygen atoms in total. The number of aromatic nitrogens is 3. The molecule has 0 spiro atoms. The van der Waals surface area contributed by atoms with Crippen LogP contribution in [0.15, 0.2) is 52.4 Å². The SMILES string of the molecule is Cc1ccc(NC(=O)CSc2nc(=O)n(Cc3ccccn3)c3c2CCCC3)cc1Cl. The van der Waals surface area contributed by atoms with Gasteiger partial charge in [-0.3, -0.25) is 14.3 Å². The molecule has 0 unspecified atom stereocenters. The van der Waals surface area contributed by atoms with E-state index in [1.165, 1.54) is 11.8 Å². The van der Waals surface area contributed by atoms with Gasteiger partial charge in [0.25, 0.3) is 0 Å². The summed E-state index contributed by atoms with van der Waals surface area (Å²) in [5.41, 5.74) is 4.25. The summed E-state index contributed by atoms with van der Waals surface area (Å²) in [5.74, 6) is 0.0168. The number of halogens is 1. The third-order valence-electron chi connectivity index (χ3n) is 5.29. The molecule has 0 aliphatic heterocycles. The quantitative estimate of drug-likeness (QED) is 0.445. The molecule has 1 aromatic carbocycles. The maximum absolute atomic E-state index is 12.8. The average Bonchev–Trinajstić information content (AvgIpc) is 2.78. The van der Waals surface area contributed by atoms with Crippen molar-refractivity contribution < 1.29 is 4.79 Å². The van der Waals surface area contributed by atoms with Crippen LogP contribution < -0.4 is 11.0 Å². The summed E-state index contributed by atoms with van der Waals surface area (Å²) in [6.45, 7) is 2.32. The minimum absolute atomic E-state index is 0.158. The van der Waals surface area contributed by atoms with Crippen molar-refractivity contribution in [3.05, 3.63) is 80.6 Å². The van der Waals surface area contributed by atoms with Crippen molar-refractivity contribution in [2.24, 2.45) is 0 Å². The van der Waals surface area contributed by atoms with Gasteiger partial charge in [0, 0.05) is 28.2 Å². The Kier molecular flexibility index (Phi) is 6.73. The molecule has 2 heterocycles. The van der Waals surface area contributed by atoms with Crippen molar-refractivity contribution in [1.29, 1.82) is 0 Å². The standard InChI is InChI=1S/C23H23ClN4O2S/c1-15-9-10-16(12-19(15)24)26-21(29)14-31-22-18-7-2-3-8-20(18)28(23(30)27-22)13-17-6-4-5-11-25-17/h4-6,9-12H,2-3,7-8,13-14H2,1H3,(H,26,29). The van der Waals surface area contributed by atoms with Crippen LogP contribution in [0.4, 0.5) is 5.69 Å². The number of nitrogens with zero attached hydrogens (tertiary/aromatic N) is 3. The van der Waals surface area contributed by atoms with Crippen LogP contribution >= 0.6 is 23.4 Å². The zero-order valence-corrected chi connectivity index (χ0v) is 18.8. The smallest absolute Gasteiger partial charge is 0.325 e. The Hall–Kier alpha value is -2.64. The van der Waals surface area contributed by atoms with Gasteiger partial charge >= 0.3 is 5.69 Å². The van der Waals surface area contributed by atoms with Gasteiger partial charge < -0.3 is 5.32 Å². The van der Waals surface area contributed by atoms with Gasteiger partial charge in [-0.1, -0.05) is 35.5 Å². The first-order valence-electron chi connectivity index (χ1n) is 10.2. The molecule has 0 saturated carbocycles. The molecule has 0 radical (unpaired) electrons. The van der Waals surface area contributed by atoms with E-state index in [4.69, 9.17) is 11.6 Å². The van der Waals surface area contributed by atoms with E-state index in [0.29, 0.717) is 22.3 Å². The van der Waals surface area contributed by atoms with Crippen LogP contribution in [0.5, 0.6) is 0 Å². The predicted octanol–water partition coefficient (Wildman–Crippen LogP) is 4.26. The Balaban J connectivity index is 1.52. The van der Waals surface area contributed by atoms with E-state index < -0.39 is 0 Å². The number of hydrogen-bond donors (Lipinski definition) is 1. The molecular weight excluding hydrogens is 432 g/mol. The summed E-state index contributed by atoms with van der Waals surface area (Å²) in [7, 11) is 0. The first-order valence-corrected chi connectivity index (χ1v) is 11.6. The van der Waals surface area contributed by atoms with Crippen molar-refractivity contribution in [2.45, 2.75) is 44.2 Å². The van der Waals surface area contributed by atoms with Gasteiger partial charge in [0.15, 0.2) is 0 Å². The molecule has 0 saturated heterocycles. The number of fused-ring (bicyclic) bond motifs is 1. The fourth-order valence-electron chi connectivity index (χ4n) is 3.69. The van der Waals surface area contributed by atoms with Gasteiger partial charge in [-0.05, 0) is 62.4 Å². The third-order valence-corrected chi connectivity index (χ3v) is 6.72. The Bertz CT molecular complexity index is 1160. The molecule has 1 aliphatic rings. The highest BCUT2D eigenvalue weighted by molar-refractivity contribution is 8.00. The molecular formula is C23H23ClN4O2S. The van der Waals surface area contributed by atoms with E-state index in [9.17, 15) is 9.59 Å². The number of nitrogens with one attached hydrogen (secondary N) is 1. The summed E-state index contributed by atoms with van der Waals surface area (Å²) in [6, 6.07) is 11.1. The lowest BCUT2D eigenvalue weighted by Gasteiger charge is -2.22. The van der Waals surface area contributed by atoms with Crippen LogP contribution in [-0.4, -0.2) is 26.2 Å². The van der Waals surface area contributed by atoms with E-state index in [2.05, 4.69) is 15.3 Å². The minimum Gasteiger partial charge on any atom is -0.325 e. The van der Waals surface area contributed by atoms with E-state index in [-0.39, 0.29) is 17.3 Å². The second-order valence-corrected chi connectivity index (χ2v) is 8.91. The number of anilines is 1. The Morgan fingerprint density at radius 1 is 1.23 bits per heavy atom. The molecule has 1 amide bonds. The summed E-state index contributed by atoms with van der Waals surface area (Å²) >= 11 is 7.45. The van der Waals surface area contributed by atoms with Crippen LogP contribution in [-0.2, 0) is 24.2 Å². The molecule has 1 N–H and O–H groups in total. The second kappa shape index (κ2) is 9.66. The number of aryl methyl sites for hydroxylation is 1. The van der Waals surface area contributed by atoms with Crippen molar-refractivity contribution >= 4 is 35.0 Å². The van der Waals surface area contributed by atoms with Crippen LogP contribution in [0.25, 0.3) is 0 Å². The number of carbonyl (C=O) groups excluding carboxylic acids is 1. The zero-order chi connectivity index (χ0) is 21.8. The fraction of sp³-hybridized carbons (Fsp3) is 0.304. The lowest BCUT2D eigenvalue weighted by atomic mass is 9.97. The predicted molar refractivity (Wildman–Crippen MR) is 124 cm³/mol. The topological polar surface area (TPSA) is 76.9 Å². The summed E-state index contributed by atoms with van der Waals surface area (Å²) in [6.07, 6.45) is 5.52. The van der Waals surface area contributed by atoms with Crippen molar-refractivity contribution in [3.8, 4) is 0 Å². The van der Waals surface area contributed by atoms with Crippen molar-refractivity contribution in [3.63, 3.8) is 0 Å². The molecule has 2 aromatic heterocycles. The molecule has 0 atom stereocenters. The number of carbonyl (C=O) groups is 1. The first-order chi connectivity index (χ1) is 15.0. The average molecular weight is 455 g/mol. The number of thioether (sulfide) groups is 1. The maximum Gasteiger partial charge on any atom is 0.349 e. The Morgan fingerprint density at radius 2 is 2.06 bits per heavy atom. The largest absolute Gasteiger partial charge is 0.349 e. The van der Waals surface area contributed by atoms with Crippen LogP contribution in [0.1, 0.15) is 35.4 Å². The minimum atomic E-state index is -0.292. The van der Waals surface area contributed by atoms with Gasteiger partial charge in [0.2, 0.25) is 5.91 Å². The summed E-state index contributed by atoms with van der Waals surface area (Å²) in [5, 5.41) is 4.13. The van der Waals surface area contributed by atoms with Crippen LogP contribution in [0, 0.1) is 6.92 Å². The number of hydrogen-bond acceptors (Lipinski definition) is 5. The molecule has 3 aromatic rings. The molecule has 8 heteroatoms. The number of amides is 1. The molecule has 4 rings (SSSR count).